The summed E-state index contributed by atoms with van der Waals surface area (Å²) in [5.74, 6) is -0.554. The number of carboxylic acid groups (broad SMARTS) is 1. The maximum Gasteiger partial charge on any atom is 0.335 e. The van der Waals surface area contributed by atoms with E-state index in [1.165, 1.54) is 18.9 Å². The van der Waals surface area contributed by atoms with Gasteiger partial charge in [0.25, 0.3) is 10.0 Å². The number of likely N-dealkylation sites (tertiary alicyclic amines) is 1. The number of aromatic carboxylic acids is 1. The van der Waals surface area contributed by atoms with Gasteiger partial charge in [-0.2, -0.15) is 0 Å². The van der Waals surface area contributed by atoms with E-state index in [0.717, 1.165) is 62.6 Å². The number of nitrogens with one attached hydrogen (secondary N) is 1. The molecule has 0 spiro atoms. The first-order valence-corrected chi connectivity index (χ1v) is 12.7. The Labute approximate surface area is 181 Å². The van der Waals surface area contributed by atoms with Crippen LogP contribution in [0.5, 0.6) is 0 Å². The van der Waals surface area contributed by atoms with Crippen LogP contribution in [0.15, 0.2) is 39.9 Å². The van der Waals surface area contributed by atoms with E-state index < -0.39 is 16.0 Å². The van der Waals surface area contributed by atoms with Crippen molar-refractivity contribution in [2.24, 2.45) is 5.92 Å². The molecule has 0 aliphatic carbocycles. The molecule has 162 valence electrons. The minimum atomic E-state index is -3.77. The SMILES string of the molecule is O=C(O)c1ccc(N2CCC[C@H](CN3CCCC3)C2)c(NS(=O)(=O)c2cccs2)c1. The van der Waals surface area contributed by atoms with Crippen molar-refractivity contribution >= 4 is 38.7 Å². The molecule has 7 nitrogen and oxygen atoms in total. The number of anilines is 2. The largest absolute Gasteiger partial charge is 0.478 e. The van der Waals surface area contributed by atoms with Gasteiger partial charge in [0, 0.05) is 19.6 Å². The molecule has 2 aromatic rings. The molecule has 0 amide bonds. The summed E-state index contributed by atoms with van der Waals surface area (Å²) in [5, 5.41) is 11.1. The summed E-state index contributed by atoms with van der Waals surface area (Å²) < 4.78 is 28.4. The third-order valence-electron chi connectivity index (χ3n) is 5.82. The number of nitrogens with zero attached hydrogens (tertiary/aromatic N) is 2. The van der Waals surface area contributed by atoms with Crippen molar-refractivity contribution in [3.05, 3.63) is 41.3 Å². The molecule has 3 heterocycles. The quantitative estimate of drug-likeness (QED) is 0.672. The lowest BCUT2D eigenvalue weighted by molar-refractivity contribution is 0.0697. The van der Waals surface area contributed by atoms with Crippen LogP contribution in [-0.4, -0.2) is 57.1 Å². The van der Waals surface area contributed by atoms with Crippen molar-refractivity contribution in [1.29, 1.82) is 0 Å². The van der Waals surface area contributed by atoms with Crippen LogP contribution in [0.3, 0.4) is 0 Å². The van der Waals surface area contributed by atoms with Gasteiger partial charge in [0.1, 0.15) is 4.21 Å². The lowest BCUT2D eigenvalue weighted by Crippen LogP contribution is -2.40. The molecule has 0 bridgehead atoms. The Morgan fingerprint density at radius 2 is 1.97 bits per heavy atom. The third-order valence-corrected chi connectivity index (χ3v) is 8.59. The Morgan fingerprint density at radius 1 is 1.17 bits per heavy atom. The molecule has 30 heavy (non-hydrogen) atoms. The summed E-state index contributed by atoms with van der Waals surface area (Å²) in [5.41, 5.74) is 1.13. The number of carbonyl (C=O) groups is 1. The summed E-state index contributed by atoms with van der Waals surface area (Å²) in [6, 6.07) is 7.92. The monoisotopic (exact) mass is 449 g/mol. The number of rotatable bonds is 7. The molecule has 9 heteroatoms. The van der Waals surface area contributed by atoms with E-state index in [4.69, 9.17) is 0 Å². The standard InChI is InChI=1S/C21H27N3O4S2/c25-21(26)17-7-8-19(18(13-17)22-30(27,28)20-6-4-12-29-20)24-11-3-5-16(15-24)14-23-9-1-2-10-23/h4,6-8,12-13,16,22H,1-3,5,9-11,14-15H2,(H,25,26)/t16-/m1/s1. The van der Waals surface area contributed by atoms with Gasteiger partial charge in [-0.25, -0.2) is 13.2 Å². The zero-order valence-electron chi connectivity index (χ0n) is 16.8. The van der Waals surface area contributed by atoms with E-state index in [0.29, 0.717) is 11.6 Å². The second-order valence-electron chi connectivity index (χ2n) is 8.04. The smallest absolute Gasteiger partial charge is 0.335 e. The van der Waals surface area contributed by atoms with Gasteiger partial charge in [-0.05, 0) is 74.3 Å². The summed E-state index contributed by atoms with van der Waals surface area (Å²) in [7, 11) is -3.77. The molecule has 2 fully saturated rings. The fourth-order valence-corrected chi connectivity index (χ4v) is 6.46. The number of thiophene rings is 1. The van der Waals surface area contributed by atoms with Crippen molar-refractivity contribution in [2.45, 2.75) is 29.9 Å². The number of piperidine rings is 1. The van der Waals surface area contributed by atoms with E-state index in [2.05, 4.69) is 14.5 Å². The molecule has 0 radical (unpaired) electrons. The van der Waals surface area contributed by atoms with E-state index in [9.17, 15) is 18.3 Å². The van der Waals surface area contributed by atoms with Crippen molar-refractivity contribution in [3.8, 4) is 0 Å². The zero-order chi connectivity index (χ0) is 21.1. The van der Waals surface area contributed by atoms with E-state index in [-0.39, 0.29) is 9.77 Å². The highest BCUT2D eigenvalue weighted by Gasteiger charge is 2.26. The van der Waals surface area contributed by atoms with Gasteiger partial charge in [-0.3, -0.25) is 4.72 Å². The Kier molecular flexibility index (Phi) is 6.31. The third kappa shape index (κ3) is 4.79. The van der Waals surface area contributed by atoms with Crippen molar-refractivity contribution in [2.75, 3.05) is 42.3 Å². The maximum atomic E-state index is 12.8. The summed E-state index contributed by atoms with van der Waals surface area (Å²) in [4.78, 5) is 16.2. The van der Waals surface area contributed by atoms with Gasteiger partial charge in [-0.1, -0.05) is 6.07 Å². The molecule has 0 saturated carbocycles. The first-order chi connectivity index (χ1) is 14.4. The highest BCUT2D eigenvalue weighted by atomic mass is 32.2. The predicted octanol–water partition coefficient (Wildman–Crippen LogP) is 3.56. The van der Waals surface area contributed by atoms with Crippen LogP contribution in [0.25, 0.3) is 0 Å². The van der Waals surface area contributed by atoms with E-state index >= 15 is 0 Å². The van der Waals surface area contributed by atoms with Gasteiger partial charge in [0.15, 0.2) is 0 Å². The van der Waals surface area contributed by atoms with Crippen LogP contribution in [0.4, 0.5) is 11.4 Å². The number of hydrogen-bond donors (Lipinski definition) is 2. The highest BCUT2D eigenvalue weighted by molar-refractivity contribution is 7.94. The predicted molar refractivity (Wildman–Crippen MR) is 119 cm³/mol. The molecule has 4 rings (SSSR count). The van der Waals surface area contributed by atoms with Gasteiger partial charge >= 0.3 is 5.97 Å². The Bertz CT molecular complexity index is 986. The van der Waals surface area contributed by atoms with Crippen LogP contribution in [-0.2, 0) is 10.0 Å². The number of hydrogen-bond acceptors (Lipinski definition) is 6. The maximum absolute atomic E-state index is 12.8. The first-order valence-electron chi connectivity index (χ1n) is 10.3. The second-order valence-corrected chi connectivity index (χ2v) is 10.9. The fourth-order valence-electron chi connectivity index (χ4n) is 4.40. The first kappa shape index (κ1) is 21.1. The molecular weight excluding hydrogens is 422 g/mol. The molecule has 2 saturated heterocycles. The Hall–Kier alpha value is -2.10. The van der Waals surface area contributed by atoms with Gasteiger partial charge in [-0.15, -0.1) is 11.3 Å². The molecule has 1 aromatic carbocycles. The highest BCUT2D eigenvalue weighted by Crippen LogP contribution is 2.33. The molecular formula is C21H27N3O4S2. The molecule has 1 atom stereocenters. The molecule has 0 unspecified atom stereocenters. The summed E-state index contributed by atoms with van der Waals surface area (Å²) >= 11 is 1.13. The number of sulfonamides is 1. The van der Waals surface area contributed by atoms with Crippen molar-refractivity contribution in [3.63, 3.8) is 0 Å². The normalized spacial score (nSPS) is 20.4. The number of carboxylic acids is 1. The van der Waals surface area contributed by atoms with Crippen LogP contribution >= 0.6 is 11.3 Å². The summed E-state index contributed by atoms with van der Waals surface area (Å²) in [6.45, 7) is 5.07. The average Bonchev–Trinajstić information content (AvgIpc) is 3.42. The zero-order valence-corrected chi connectivity index (χ0v) is 18.4. The molecule has 2 N–H and O–H groups in total. The topological polar surface area (TPSA) is 89.9 Å². The number of benzene rings is 1. The fraction of sp³-hybridized carbons (Fsp3) is 0.476. The Morgan fingerprint density at radius 3 is 2.67 bits per heavy atom. The molecule has 2 aliphatic heterocycles. The average molecular weight is 450 g/mol. The summed E-state index contributed by atoms with van der Waals surface area (Å²) in [6.07, 6.45) is 4.73. The van der Waals surface area contributed by atoms with Crippen molar-refractivity contribution in [1.82, 2.24) is 4.90 Å². The van der Waals surface area contributed by atoms with Crippen LogP contribution in [0.2, 0.25) is 0 Å². The Balaban J connectivity index is 1.59. The van der Waals surface area contributed by atoms with Crippen LogP contribution in [0.1, 0.15) is 36.0 Å². The van der Waals surface area contributed by atoms with Crippen molar-refractivity contribution < 1.29 is 18.3 Å². The van der Waals surface area contributed by atoms with Crippen LogP contribution < -0.4 is 9.62 Å². The van der Waals surface area contributed by atoms with Crippen LogP contribution in [0, 0.1) is 5.92 Å². The van der Waals surface area contributed by atoms with E-state index in [1.54, 1.807) is 29.6 Å². The van der Waals surface area contributed by atoms with Gasteiger partial charge < -0.3 is 14.9 Å². The van der Waals surface area contributed by atoms with Gasteiger partial charge in [0.2, 0.25) is 0 Å². The van der Waals surface area contributed by atoms with Gasteiger partial charge in [0.05, 0.1) is 16.9 Å². The second kappa shape index (κ2) is 8.95. The lowest BCUT2D eigenvalue weighted by atomic mass is 9.96. The minimum Gasteiger partial charge on any atom is -0.478 e. The van der Waals surface area contributed by atoms with E-state index in [1.807, 2.05) is 0 Å². The molecule has 1 aromatic heterocycles. The minimum absolute atomic E-state index is 0.0632. The lowest BCUT2D eigenvalue weighted by Gasteiger charge is -2.37. The molecule has 2 aliphatic rings.